The number of aromatic hydroxyl groups is 1. The highest BCUT2D eigenvalue weighted by Gasteiger charge is 2.32. The molecule has 116 valence electrons. The van der Waals surface area contributed by atoms with Crippen molar-refractivity contribution in [2.24, 2.45) is 0 Å². The van der Waals surface area contributed by atoms with E-state index in [-0.39, 0.29) is 11.8 Å². The number of methoxy groups -OCH3 is 1. The second-order valence-corrected chi connectivity index (χ2v) is 6.11. The summed E-state index contributed by atoms with van der Waals surface area (Å²) in [4.78, 5) is 2.50. The molecule has 0 fully saturated rings. The SMILES string of the molecule is COc1cc(O)cc2c1[C@@H](C)N(Cc1ccccc1)[C@H](C)C2. The predicted octanol–water partition coefficient (Wildman–Crippen LogP) is 3.91. The molecule has 0 aliphatic carbocycles. The maximum atomic E-state index is 9.88. The Morgan fingerprint density at radius 3 is 2.59 bits per heavy atom. The summed E-state index contributed by atoms with van der Waals surface area (Å²) in [6, 6.07) is 14.8. The molecule has 0 radical (unpaired) electrons. The van der Waals surface area contributed by atoms with E-state index in [4.69, 9.17) is 4.74 Å². The number of hydrogen-bond acceptors (Lipinski definition) is 3. The monoisotopic (exact) mass is 297 g/mol. The van der Waals surface area contributed by atoms with Crippen LogP contribution < -0.4 is 4.74 Å². The highest BCUT2D eigenvalue weighted by molar-refractivity contribution is 5.49. The minimum absolute atomic E-state index is 0.259. The topological polar surface area (TPSA) is 32.7 Å². The van der Waals surface area contributed by atoms with Crippen LogP contribution >= 0.6 is 0 Å². The molecule has 0 aromatic heterocycles. The first-order chi connectivity index (χ1) is 10.6. The number of hydrogen-bond donors (Lipinski definition) is 1. The fraction of sp³-hybridized carbons (Fsp3) is 0.368. The van der Waals surface area contributed by atoms with Crippen molar-refractivity contribution >= 4 is 0 Å². The molecular formula is C19H23NO2. The molecule has 2 atom stereocenters. The molecule has 0 bridgehead atoms. The van der Waals surface area contributed by atoms with Crippen molar-refractivity contribution in [2.75, 3.05) is 7.11 Å². The summed E-state index contributed by atoms with van der Waals surface area (Å²) in [5.74, 6) is 1.07. The Morgan fingerprint density at radius 1 is 1.18 bits per heavy atom. The van der Waals surface area contributed by atoms with Gasteiger partial charge < -0.3 is 9.84 Å². The third-order valence-corrected chi connectivity index (χ3v) is 4.64. The summed E-state index contributed by atoms with van der Waals surface area (Å²) in [6.07, 6.45) is 0.928. The number of phenols is 1. The zero-order chi connectivity index (χ0) is 15.7. The largest absolute Gasteiger partial charge is 0.508 e. The van der Waals surface area contributed by atoms with E-state index in [0.717, 1.165) is 18.7 Å². The van der Waals surface area contributed by atoms with E-state index in [1.165, 1.54) is 16.7 Å². The lowest BCUT2D eigenvalue weighted by Crippen LogP contribution is -2.40. The summed E-state index contributed by atoms with van der Waals surface area (Å²) < 4.78 is 5.51. The lowest BCUT2D eigenvalue weighted by atomic mass is 9.88. The second-order valence-electron chi connectivity index (χ2n) is 6.11. The summed E-state index contributed by atoms with van der Waals surface area (Å²) in [7, 11) is 1.67. The molecule has 22 heavy (non-hydrogen) atoms. The molecule has 0 saturated carbocycles. The Balaban J connectivity index is 1.96. The van der Waals surface area contributed by atoms with Crippen molar-refractivity contribution in [2.45, 2.75) is 38.9 Å². The standard InChI is InChI=1S/C19H23NO2/c1-13-9-16-10-17(21)11-18(22-3)19(16)14(2)20(13)12-15-7-5-4-6-8-15/h4-8,10-11,13-14,21H,9,12H2,1-3H3/t13-,14-/m1/s1. The Hall–Kier alpha value is -2.00. The van der Waals surface area contributed by atoms with Crippen LogP contribution in [-0.2, 0) is 13.0 Å². The van der Waals surface area contributed by atoms with Crippen molar-refractivity contribution in [1.82, 2.24) is 4.90 Å². The van der Waals surface area contributed by atoms with Crippen molar-refractivity contribution in [3.05, 3.63) is 59.2 Å². The highest BCUT2D eigenvalue weighted by atomic mass is 16.5. The van der Waals surface area contributed by atoms with Gasteiger partial charge in [-0.25, -0.2) is 0 Å². The van der Waals surface area contributed by atoms with E-state index in [1.807, 2.05) is 12.1 Å². The van der Waals surface area contributed by atoms with Gasteiger partial charge in [-0.1, -0.05) is 30.3 Å². The Kier molecular flexibility index (Phi) is 4.08. The maximum absolute atomic E-state index is 9.88. The van der Waals surface area contributed by atoms with Crippen molar-refractivity contribution < 1.29 is 9.84 Å². The Labute approximate surface area is 132 Å². The van der Waals surface area contributed by atoms with Crippen LogP contribution in [0.4, 0.5) is 0 Å². The molecule has 1 heterocycles. The molecule has 0 saturated heterocycles. The number of benzene rings is 2. The quantitative estimate of drug-likeness (QED) is 0.932. The first-order valence-corrected chi connectivity index (χ1v) is 7.79. The lowest BCUT2D eigenvalue weighted by Gasteiger charge is -2.41. The van der Waals surface area contributed by atoms with Gasteiger partial charge in [-0.2, -0.15) is 0 Å². The molecule has 1 aliphatic rings. The van der Waals surface area contributed by atoms with Gasteiger partial charge in [-0.05, 0) is 37.5 Å². The van der Waals surface area contributed by atoms with Gasteiger partial charge in [0.1, 0.15) is 11.5 Å². The van der Waals surface area contributed by atoms with Crippen LogP contribution in [0.25, 0.3) is 0 Å². The number of phenolic OH excluding ortho intramolecular Hbond substituents is 1. The molecule has 2 aromatic carbocycles. The molecule has 0 amide bonds. The summed E-state index contributed by atoms with van der Waals surface area (Å²) in [5.41, 5.74) is 3.72. The zero-order valence-electron chi connectivity index (χ0n) is 13.4. The molecule has 3 nitrogen and oxygen atoms in total. The first-order valence-electron chi connectivity index (χ1n) is 7.79. The van der Waals surface area contributed by atoms with Gasteiger partial charge in [-0.15, -0.1) is 0 Å². The lowest BCUT2D eigenvalue weighted by molar-refractivity contribution is 0.126. The molecule has 1 N–H and O–H groups in total. The predicted molar refractivity (Wildman–Crippen MR) is 88.2 cm³/mol. The Bertz CT molecular complexity index is 654. The normalized spacial score (nSPS) is 21.4. The van der Waals surface area contributed by atoms with E-state index >= 15 is 0 Å². The van der Waals surface area contributed by atoms with Crippen LogP contribution in [0.1, 0.15) is 36.6 Å². The zero-order valence-corrected chi connectivity index (χ0v) is 13.4. The van der Waals surface area contributed by atoms with E-state index in [1.54, 1.807) is 13.2 Å². The minimum Gasteiger partial charge on any atom is -0.508 e. The van der Waals surface area contributed by atoms with Crippen LogP contribution in [0.3, 0.4) is 0 Å². The van der Waals surface area contributed by atoms with Crippen LogP contribution in [0.15, 0.2) is 42.5 Å². The number of fused-ring (bicyclic) bond motifs is 1. The van der Waals surface area contributed by atoms with Gasteiger partial charge in [0.2, 0.25) is 0 Å². The summed E-state index contributed by atoms with van der Waals surface area (Å²) in [5, 5.41) is 9.88. The maximum Gasteiger partial charge on any atom is 0.127 e. The van der Waals surface area contributed by atoms with Gasteiger partial charge in [0.25, 0.3) is 0 Å². The average molecular weight is 297 g/mol. The van der Waals surface area contributed by atoms with Gasteiger partial charge in [0.15, 0.2) is 0 Å². The molecule has 1 aliphatic heterocycles. The molecule has 2 aromatic rings. The summed E-state index contributed by atoms with van der Waals surface area (Å²) >= 11 is 0. The minimum atomic E-state index is 0.259. The van der Waals surface area contributed by atoms with E-state index in [2.05, 4.69) is 43.0 Å². The van der Waals surface area contributed by atoms with Gasteiger partial charge in [0.05, 0.1) is 7.11 Å². The molecule has 3 heteroatoms. The van der Waals surface area contributed by atoms with E-state index in [0.29, 0.717) is 6.04 Å². The van der Waals surface area contributed by atoms with E-state index in [9.17, 15) is 5.11 Å². The van der Waals surface area contributed by atoms with Crippen LogP contribution in [0.2, 0.25) is 0 Å². The average Bonchev–Trinajstić information content (AvgIpc) is 2.51. The number of rotatable bonds is 3. The van der Waals surface area contributed by atoms with Crippen molar-refractivity contribution in [3.8, 4) is 11.5 Å². The second kappa shape index (κ2) is 6.01. The smallest absolute Gasteiger partial charge is 0.127 e. The van der Waals surface area contributed by atoms with Gasteiger partial charge in [0, 0.05) is 30.3 Å². The fourth-order valence-corrected chi connectivity index (χ4v) is 3.55. The van der Waals surface area contributed by atoms with Crippen molar-refractivity contribution in [3.63, 3.8) is 0 Å². The van der Waals surface area contributed by atoms with Crippen molar-refractivity contribution in [1.29, 1.82) is 0 Å². The number of ether oxygens (including phenoxy) is 1. The van der Waals surface area contributed by atoms with Crippen LogP contribution in [-0.4, -0.2) is 23.2 Å². The van der Waals surface area contributed by atoms with E-state index < -0.39 is 0 Å². The molecule has 0 unspecified atom stereocenters. The molecule has 0 spiro atoms. The highest BCUT2D eigenvalue weighted by Crippen LogP contribution is 2.41. The first kappa shape index (κ1) is 14.9. The fourth-order valence-electron chi connectivity index (χ4n) is 3.55. The van der Waals surface area contributed by atoms with Gasteiger partial charge in [-0.3, -0.25) is 4.90 Å². The Morgan fingerprint density at radius 2 is 1.91 bits per heavy atom. The van der Waals surface area contributed by atoms with Crippen LogP contribution in [0, 0.1) is 0 Å². The third-order valence-electron chi connectivity index (χ3n) is 4.64. The summed E-state index contributed by atoms with van der Waals surface area (Å²) in [6.45, 7) is 5.39. The van der Waals surface area contributed by atoms with Crippen LogP contribution in [0.5, 0.6) is 11.5 Å². The van der Waals surface area contributed by atoms with Gasteiger partial charge >= 0.3 is 0 Å². The number of nitrogens with zero attached hydrogens (tertiary/aromatic N) is 1. The molecule has 3 rings (SSSR count). The molecular weight excluding hydrogens is 274 g/mol. The third kappa shape index (κ3) is 2.69.